The number of nitrogens with zero attached hydrogens (tertiary/aromatic N) is 1. The van der Waals surface area contributed by atoms with E-state index in [1.165, 1.54) is 24.8 Å². The van der Waals surface area contributed by atoms with Crippen molar-refractivity contribution in [1.82, 2.24) is 9.29 Å². The molecular weight excluding hydrogens is 510 g/mol. The van der Waals surface area contributed by atoms with E-state index in [4.69, 9.17) is 10.5 Å². The van der Waals surface area contributed by atoms with Crippen molar-refractivity contribution in [3.8, 4) is 17.0 Å². The zero-order chi connectivity index (χ0) is 29.0. The predicted molar refractivity (Wildman–Crippen MR) is 157 cm³/mol. The molecule has 4 rings (SSSR count). The van der Waals surface area contributed by atoms with Gasteiger partial charge in [-0.1, -0.05) is 53.9 Å². The maximum Gasteiger partial charge on any atom is 0.242 e. The molecule has 1 aliphatic heterocycles. The standard InChI is InChI=1S/C31H47N3O4S/c1-20-26(39(36,37)33-18-30(5,6)28(32)35)16-25(34(20)17-21-12-10-9-11-13-21)22-14-23(29(2,3)4)27-24(15-22)31(7,8)19-38-27/h14-16,21,33H,9-13,17-19H2,1-8H3,(H2,32,35). The van der Waals surface area contributed by atoms with Crippen LogP contribution in [0.2, 0.25) is 0 Å². The molecule has 216 valence electrons. The molecule has 8 heteroatoms. The molecule has 1 fully saturated rings. The van der Waals surface area contributed by atoms with E-state index in [9.17, 15) is 13.2 Å². The maximum absolute atomic E-state index is 13.6. The zero-order valence-electron chi connectivity index (χ0n) is 25.0. The highest BCUT2D eigenvalue weighted by Gasteiger charge is 2.37. The van der Waals surface area contributed by atoms with Crippen LogP contribution in [-0.4, -0.2) is 32.0 Å². The lowest BCUT2D eigenvalue weighted by Crippen LogP contribution is -2.42. The smallest absolute Gasteiger partial charge is 0.242 e. The summed E-state index contributed by atoms with van der Waals surface area (Å²) in [6, 6.07) is 6.20. The number of primary amides is 1. The summed E-state index contributed by atoms with van der Waals surface area (Å²) in [6.45, 7) is 17.5. The van der Waals surface area contributed by atoms with Gasteiger partial charge in [-0.15, -0.1) is 0 Å². The number of fused-ring (bicyclic) bond motifs is 1. The summed E-state index contributed by atoms with van der Waals surface area (Å²) in [7, 11) is -3.88. The number of carbonyl (C=O) groups excluding carboxylic acids is 1. The van der Waals surface area contributed by atoms with Crippen molar-refractivity contribution in [3.63, 3.8) is 0 Å². The van der Waals surface area contributed by atoms with Crippen LogP contribution in [0.15, 0.2) is 23.1 Å². The molecule has 7 nitrogen and oxygen atoms in total. The van der Waals surface area contributed by atoms with E-state index in [-0.39, 0.29) is 22.3 Å². The first-order valence-corrected chi connectivity index (χ1v) is 15.7. The number of benzene rings is 1. The Kier molecular flexibility index (Phi) is 7.80. The largest absolute Gasteiger partial charge is 0.492 e. The maximum atomic E-state index is 13.6. The van der Waals surface area contributed by atoms with Crippen LogP contribution in [0.5, 0.6) is 5.75 Å². The quantitative estimate of drug-likeness (QED) is 0.428. The van der Waals surface area contributed by atoms with Gasteiger partial charge in [0, 0.05) is 41.0 Å². The van der Waals surface area contributed by atoms with E-state index in [0.29, 0.717) is 18.2 Å². The van der Waals surface area contributed by atoms with Crippen molar-refractivity contribution in [2.24, 2.45) is 17.1 Å². The molecule has 2 aliphatic rings. The zero-order valence-corrected chi connectivity index (χ0v) is 25.8. The molecule has 0 radical (unpaired) electrons. The number of aromatic nitrogens is 1. The summed E-state index contributed by atoms with van der Waals surface area (Å²) in [5, 5.41) is 0. The van der Waals surface area contributed by atoms with Gasteiger partial charge in [-0.25, -0.2) is 13.1 Å². The molecule has 1 aliphatic carbocycles. The number of hydrogen-bond donors (Lipinski definition) is 2. The summed E-state index contributed by atoms with van der Waals surface area (Å²) in [5.41, 5.74) is 9.15. The van der Waals surface area contributed by atoms with E-state index in [0.717, 1.165) is 42.0 Å². The molecular formula is C31H47N3O4S. The Labute approximate surface area is 234 Å². The van der Waals surface area contributed by atoms with Crippen LogP contribution in [0.4, 0.5) is 0 Å². The third-order valence-corrected chi connectivity index (χ3v) is 10.2. The van der Waals surface area contributed by atoms with Crippen molar-refractivity contribution in [1.29, 1.82) is 0 Å². The molecule has 3 N–H and O–H groups in total. The molecule has 0 atom stereocenters. The molecule has 0 bridgehead atoms. The third kappa shape index (κ3) is 5.92. The van der Waals surface area contributed by atoms with Crippen LogP contribution in [0.3, 0.4) is 0 Å². The summed E-state index contributed by atoms with van der Waals surface area (Å²) in [5.74, 6) is 0.925. The van der Waals surface area contributed by atoms with Gasteiger partial charge in [0.05, 0.1) is 12.0 Å². The normalized spacial score (nSPS) is 18.2. The second-order valence-electron chi connectivity index (χ2n) is 14.0. The lowest BCUT2D eigenvalue weighted by atomic mass is 9.79. The number of ether oxygens (including phenoxy) is 1. The van der Waals surface area contributed by atoms with Crippen LogP contribution in [-0.2, 0) is 32.2 Å². The van der Waals surface area contributed by atoms with E-state index in [2.05, 4.69) is 56.0 Å². The number of hydrogen-bond acceptors (Lipinski definition) is 4. The molecule has 1 amide bonds. The van der Waals surface area contributed by atoms with Gasteiger partial charge in [-0.2, -0.15) is 0 Å². The molecule has 0 spiro atoms. The minimum atomic E-state index is -3.88. The van der Waals surface area contributed by atoms with Gasteiger partial charge < -0.3 is 15.0 Å². The number of sulfonamides is 1. The number of nitrogens with two attached hydrogens (primary N) is 1. The minimum Gasteiger partial charge on any atom is -0.492 e. The predicted octanol–water partition coefficient (Wildman–Crippen LogP) is 5.80. The highest BCUT2D eigenvalue weighted by Crippen LogP contribution is 2.47. The molecule has 1 saturated carbocycles. The lowest BCUT2D eigenvalue weighted by molar-refractivity contribution is -0.125. The van der Waals surface area contributed by atoms with Crippen molar-refractivity contribution in [3.05, 3.63) is 35.0 Å². The number of rotatable bonds is 8. The Balaban J connectivity index is 1.87. The summed E-state index contributed by atoms with van der Waals surface area (Å²) < 4.78 is 38.4. The van der Waals surface area contributed by atoms with Gasteiger partial charge in [0.25, 0.3) is 0 Å². The van der Waals surface area contributed by atoms with E-state index in [1.54, 1.807) is 13.8 Å². The van der Waals surface area contributed by atoms with Gasteiger partial charge in [-0.3, -0.25) is 4.79 Å². The Bertz CT molecular complexity index is 1360. The fourth-order valence-electron chi connectivity index (χ4n) is 5.76. The van der Waals surface area contributed by atoms with Crippen LogP contribution < -0.4 is 15.2 Å². The van der Waals surface area contributed by atoms with Crippen LogP contribution in [0, 0.1) is 18.3 Å². The summed E-state index contributed by atoms with van der Waals surface area (Å²) in [6.07, 6.45) is 6.01. The molecule has 1 aromatic heterocycles. The topological polar surface area (TPSA) is 103 Å². The SMILES string of the molecule is Cc1c(S(=O)(=O)NCC(C)(C)C(N)=O)cc(-c2cc(C(C)(C)C)c3c(c2)C(C)(C)CO3)n1CC1CCCCC1. The number of amides is 1. The Morgan fingerprint density at radius 3 is 2.33 bits per heavy atom. The second kappa shape index (κ2) is 10.3. The second-order valence-corrected chi connectivity index (χ2v) is 15.7. The highest BCUT2D eigenvalue weighted by molar-refractivity contribution is 7.89. The van der Waals surface area contributed by atoms with Gasteiger partial charge in [0.15, 0.2) is 0 Å². The average Bonchev–Trinajstić information content (AvgIpc) is 3.34. The summed E-state index contributed by atoms with van der Waals surface area (Å²) in [4.78, 5) is 12.1. The summed E-state index contributed by atoms with van der Waals surface area (Å²) >= 11 is 0. The third-order valence-electron chi connectivity index (χ3n) is 8.65. The Morgan fingerprint density at radius 1 is 1.10 bits per heavy atom. The van der Waals surface area contributed by atoms with Gasteiger partial charge >= 0.3 is 0 Å². The van der Waals surface area contributed by atoms with Crippen molar-refractivity contribution >= 4 is 15.9 Å². The molecule has 0 unspecified atom stereocenters. The Hall–Kier alpha value is -2.32. The molecule has 1 aromatic carbocycles. The molecule has 2 heterocycles. The first-order chi connectivity index (χ1) is 17.9. The number of nitrogens with one attached hydrogen (secondary N) is 1. The molecule has 2 aromatic rings. The van der Waals surface area contributed by atoms with E-state index < -0.39 is 21.3 Å². The fourth-order valence-corrected chi connectivity index (χ4v) is 7.23. The van der Waals surface area contributed by atoms with Gasteiger partial charge in [0.1, 0.15) is 10.6 Å². The number of carbonyl (C=O) groups is 1. The van der Waals surface area contributed by atoms with Crippen molar-refractivity contribution in [2.45, 2.75) is 110 Å². The lowest BCUT2D eigenvalue weighted by Gasteiger charge is -2.26. The Morgan fingerprint density at radius 2 is 1.74 bits per heavy atom. The molecule has 0 saturated heterocycles. The van der Waals surface area contributed by atoms with Gasteiger partial charge in [-0.05, 0) is 68.7 Å². The average molecular weight is 558 g/mol. The van der Waals surface area contributed by atoms with Crippen LogP contribution in [0.25, 0.3) is 11.3 Å². The van der Waals surface area contributed by atoms with E-state index >= 15 is 0 Å². The monoisotopic (exact) mass is 557 g/mol. The molecule has 39 heavy (non-hydrogen) atoms. The van der Waals surface area contributed by atoms with Crippen LogP contribution >= 0.6 is 0 Å². The first kappa shape index (κ1) is 29.7. The first-order valence-electron chi connectivity index (χ1n) is 14.3. The van der Waals surface area contributed by atoms with Crippen LogP contribution in [0.1, 0.15) is 97.4 Å². The van der Waals surface area contributed by atoms with Gasteiger partial charge in [0.2, 0.25) is 15.9 Å². The van der Waals surface area contributed by atoms with Crippen molar-refractivity contribution < 1.29 is 17.9 Å². The van der Waals surface area contributed by atoms with E-state index in [1.807, 2.05) is 13.0 Å². The fraction of sp³-hybridized carbons (Fsp3) is 0.645. The highest BCUT2D eigenvalue weighted by atomic mass is 32.2. The van der Waals surface area contributed by atoms with Crippen molar-refractivity contribution in [2.75, 3.05) is 13.2 Å². The minimum absolute atomic E-state index is 0.0637.